The Morgan fingerprint density at radius 1 is 1.15 bits per heavy atom. The lowest BCUT2D eigenvalue weighted by atomic mass is 10.2. The van der Waals surface area contributed by atoms with E-state index in [2.05, 4.69) is 20.4 Å². The molecule has 3 heterocycles. The van der Waals surface area contributed by atoms with Gasteiger partial charge in [-0.05, 0) is 25.0 Å². The van der Waals surface area contributed by atoms with E-state index in [4.69, 9.17) is 9.47 Å². The number of ether oxygens (including phenoxy) is 2. The van der Waals surface area contributed by atoms with Gasteiger partial charge in [-0.25, -0.2) is 0 Å². The number of rotatable bonds is 5. The molecule has 7 nitrogen and oxygen atoms in total. The molecule has 0 aliphatic carbocycles. The van der Waals surface area contributed by atoms with Crippen LogP contribution in [0.15, 0.2) is 22.5 Å². The van der Waals surface area contributed by atoms with Crippen molar-refractivity contribution in [3.63, 3.8) is 0 Å². The lowest BCUT2D eigenvalue weighted by molar-refractivity contribution is -0.113. The van der Waals surface area contributed by atoms with Gasteiger partial charge in [-0.3, -0.25) is 4.79 Å². The van der Waals surface area contributed by atoms with Crippen LogP contribution in [0.5, 0.6) is 11.5 Å². The van der Waals surface area contributed by atoms with Crippen molar-refractivity contribution in [3.8, 4) is 11.5 Å². The Labute approximate surface area is 160 Å². The Kier molecular flexibility index (Phi) is 5.45. The number of nitrogens with one attached hydrogen (secondary N) is 1. The van der Waals surface area contributed by atoms with Crippen LogP contribution in [0, 0.1) is 0 Å². The minimum absolute atomic E-state index is 0.0811. The third kappa shape index (κ3) is 4.21. The third-order valence-electron chi connectivity index (χ3n) is 4.13. The summed E-state index contributed by atoms with van der Waals surface area (Å²) in [5.74, 6) is 1.61. The van der Waals surface area contributed by atoms with Crippen LogP contribution in [0.25, 0.3) is 0 Å². The lowest BCUT2D eigenvalue weighted by Crippen LogP contribution is -2.17. The molecular weight excluding hydrogens is 372 g/mol. The largest absolute Gasteiger partial charge is 0.490 e. The van der Waals surface area contributed by atoms with Gasteiger partial charge in [-0.2, -0.15) is 0 Å². The predicted octanol–water partition coefficient (Wildman–Crippen LogP) is 3.03. The first-order valence-corrected chi connectivity index (χ1v) is 10.5. The molecule has 138 valence electrons. The number of benzene rings is 1. The van der Waals surface area contributed by atoms with E-state index in [1.54, 1.807) is 17.4 Å². The van der Waals surface area contributed by atoms with Crippen LogP contribution < -0.4 is 19.7 Å². The summed E-state index contributed by atoms with van der Waals surface area (Å²) in [6.07, 6.45) is 3.27. The summed E-state index contributed by atoms with van der Waals surface area (Å²) in [5, 5.41) is 12.3. The second kappa shape index (κ2) is 8.13. The molecule has 9 heteroatoms. The molecule has 1 amide bonds. The van der Waals surface area contributed by atoms with Gasteiger partial charge in [-0.1, -0.05) is 23.1 Å². The van der Waals surface area contributed by atoms with Crippen molar-refractivity contribution in [2.24, 2.45) is 0 Å². The van der Waals surface area contributed by atoms with Gasteiger partial charge in [0, 0.05) is 31.3 Å². The van der Waals surface area contributed by atoms with Crippen LogP contribution in [-0.4, -0.2) is 48.2 Å². The summed E-state index contributed by atoms with van der Waals surface area (Å²) in [7, 11) is 0. The summed E-state index contributed by atoms with van der Waals surface area (Å²) < 4.78 is 12.1. The molecule has 0 atom stereocenters. The molecule has 1 fully saturated rings. The molecule has 0 radical (unpaired) electrons. The van der Waals surface area contributed by atoms with Crippen molar-refractivity contribution in [1.29, 1.82) is 0 Å². The summed E-state index contributed by atoms with van der Waals surface area (Å²) in [4.78, 5) is 14.5. The Bertz CT molecular complexity index is 777. The average Bonchev–Trinajstić information content (AvgIpc) is 3.28. The smallest absolute Gasteiger partial charge is 0.234 e. The van der Waals surface area contributed by atoms with E-state index in [-0.39, 0.29) is 5.91 Å². The zero-order chi connectivity index (χ0) is 17.8. The molecule has 4 rings (SSSR count). The molecule has 1 saturated heterocycles. The highest BCUT2D eigenvalue weighted by Crippen LogP contribution is 2.33. The van der Waals surface area contributed by atoms with E-state index in [0.29, 0.717) is 30.4 Å². The van der Waals surface area contributed by atoms with Crippen LogP contribution in [-0.2, 0) is 4.79 Å². The number of hydrogen-bond donors (Lipinski definition) is 1. The van der Waals surface area contributed by atoms with Gasteiger partial charge < -0.3 is 19.7 Å². The van der Waals surface area contributed by atoms with Crippen molar-refractivity contribution >= 4 is 39.8 Å². The predicted molar refractivity (Wildman–Crippen MR) is 103 cm³/mol. The lowest BCUT2D eigenvalue weighted by Gasteiger charge is -2.11. The number of hydrogen-bond acceptors (Lipinski definition) is 8. The highest BCUT2D eigenvalue weighted by Gasteiger charge is 2.17. The minimum Gasteiger partial charge on any atom is -0.490 e. The van der Waals surface area contributed by atoms with E-state index >= 15 is 0 Å². The van der Waals surface area contributed by atoms with Gasteiger partial charge in [-0.15, -0.1) is 10.2 Å². The number of fused-ring (bicyclic) bond motifs is 1. The summed E-state index contributed by atoms with van der Waals surface area (Å²) in [6, 6.07) is 5.46. The number of aromatic nitrogens is 2. The highest BCUT2D eigenvalue weighted by atomic mass is 32.2. The normalized spacial score (nSPS) is 16.4. The van der Waals surface area contributed by atoms with Crippen molar-refractivity contribution in [3.05, 3.63) is 18.2 Å². The summed E-state index contributed by atoms with van der Waals surface area (Å²) >= 11 is 2.96. The van der Waals surface area contributed by atoms with E-state index < -0.39 is 0 Å². The van der Waals surface area contributed by atoms with Crippen LogP contribution in [0.3, 0.4) is 0 Å². The summed E-state index contributed by atoms with van der Waals surface area (Å²) in [6.45, 7) is 3.36. The third-order valence-corrected chi connectivity index (χ3v) is 6.25. The zero-order valence-corrected chi connectivity index (χ0v) is 15.9. The number of carbonyl (C=O) groups excluding carboxylic acids is 1. The Balaban J connectivity index is 1.31. The Hall–Kier alpha value is -2.00. The average molecular weight is 393 g/mol. The van der Waals surface area contributed by atoms with Crippen LogP contribution in [0.4, 0.5) is 10.8 Å². The van der Waals surface area contributed by atoms with Crippen LogP contribution >= 0.6 is 23.1 Å². The maximum Gasteiger partial charge on any atom is 0.234 e. The molecule has 0 spiro atoms. The van der Waals surface area contributed by atoms with Gasteiger partial charge in [0.1, 0.15) is 0 Å². The molecule has 0 unspecified atom stereocenters. The molecular formula is C17H20N4O3S2. The maximum atomic E-state index is 12.2. The monoisotopic (exact) mass is 392 g/mol. The minimum atomic E-state index is -0.0811. The zero-order valence-electron chi connectivity index (χ0n) is 14.3. The van der Waals surface area contributed by atoms with Gasteiger partial charge in [0.25, 0.3) is 0 Å². The molecule has 0 bridgehead atoms. The molecule has 2 aromatic rings. The fourth-order valence-corrected chi connectivity index (χ4v) is 4.55. The van der Waals surface area contributed by atoms with Gasteiger partial charge in [0.15, 0.2) is 15.8 Å². The number of carbonyl (C=O) groups is 1. The van der Waals surface area contributed by atoms with Gasteiger partial charge in [0.05, 0.1) is 19.0 Å². The molecule has 1 N–H and O–H groups in total. The van der Waals surface area contributed by atoms with Crippen LogP contribution in [0.1, 0.15) is 19.3 Å². The second-order valence-corrected chi connectivity index (χ2v) is 8.27. The first-order chi connectivity index (χ1) is 12.8. The fourth-order valence-electron chi connectivity index (χ4n) is 2.86. The number of anilines is 2. The van der Waals surface area contributed by atoms with E-state index in [1.807, 2.05) is 12.1 Å². The van der Waals surface area contributed by atoms with Crippen molar-refractivity contribution < 1.29 is 14.3 Å². The quantitative estimate of drug-likeness (QED) is 0.784. The number of amides is 1. The molecule has 2 aliphatic rings. The highest BCUT2D eigenvalue weighted by molar-refractivity contribution is 8.01. The Morgan fingerprint density at radius 3 is 2.81 bits per heavy atom. The van der Waals surface area contributed by atoms with Crippen molar-refractivity contribution in [1.82, 2.24) is 10.2 Å². The Morgan fingerprint density at radius 2 is 1.96 bits per heavy atom. The molecule has 1 aromatic carbocycles. The SMILES string of the molecule is O=C(CSc1nnc(N2CCCC2)s1)Nc1ccc2c(c1)OCCCO2. The van der Waals surface area contributed by atoms with Crippen molar-refractivity contribution in [2.45, 2.75) is 23.6 Å². The first kappa shape index (κ1) is 17.4. The van der Waals surface area contributed by atoms with Gasteiger partial charge >= 0.3 is 0 Å². The standard InChI is InChI=1S/C17H20N4O3S2/c22-15(11-25-17-20-19-16(26-17)21-6-1-2-7-21)18-12-4-5-13-14(10-12)24-9-3-8-23-13/h4-5,10H,1-3,6-9,11H2,(H,18,22). The molecule has 1 aromatic heterocycles. The van der Waals surface area contributed by atoms with Crippen LogP contribution in [0.2, 0.25) is 0 Å². The number of nitrogens with zero attached hydrogens (tertiary/aromatic N) is 3. The van der Waals surface area contributed by atoms with E-state index in [1.165, 1.54) is 24.6 Å². The molecule has 2 aliphatic heterocycles. The fraction of sp³-hybridized carbons (Fsp3) is 0.471. The molecule has 0 saturated carbocycles. The topological polar surface area (TPSA) is 76.6 Å². The molecule has 26 heavy (non-hydrogen) atoms. The van der Waals surface area contributed by atoms with Gasteiger partial charge in [0.2, 0.25) is 11.0 Å². The number of thioether (sulfide) groups is 1. The van der Waals surface area contributed by atoms with E-state index in [9.17, 15) is 4.79 Å². The van der Waals surface area contributed by atoms with Crippen molar-refractivity contribution in [2.75, 3.05) is 42.3 Å². The first-order valence-electron chi connectivity index (χ1n) is 8.69. The van der Waals surface area contributed by atoms with E-state index in [0.717, 1.165) is 34.7 Å². The summed E-state index contributed by atoms with van der Waals surface area (Å²) in [5.41, 5.74) is 0.704. The maximum absolute atomic E-state index is 12.2. The second-order valence-electron chi connectivity index (χ2n) is 6.09.